The number of amides is 1. The molecule has 0 aliphatic rings. The van der Waals surface area contributed by atoms with Gasteiger partial charge < -0.3 is 5.32 Å². The minimum Gasteiger partial charge on any atom is -0.322 e. The Hall–Kier alpha value is -3.71. The number of carbonyl (C=O) groups excluding carboxylic acids is 1. The number of hydrogen-bond acceptors (Lipinski definition) is 3. The molecular formula is C21H15N3O. The van der Waals surface area contributed by atoms with Crippen molar-refractivity contribution >= 4 is 23.7 Å². The molecule has 120 valence electrons. The summed E-state index contributed by atoms with van der Waals surface area (Å²) in [6.45, 7) is 0. The van der Waals surface area contributed by atoms with Gasteiger partial charge >= 0.3 is 0 Å². The lowest BCUT2D eigenvalue weighted by atomic mass is 10.1. The van der Waals surface area contributed by atoms with Crippen LogP contribution in [0.3, 0.4) is 0 Å². The van der Waals surface area contributed by atoms with E-state index in [2.05, 4.69) is 10.3 Å². The average molecular weight is 325 g/mol. The zero-order valence-electron chi connectivity index (χ0n) is 13.4. The Bertz CT molecular complexity index is 939. The number of hydrogen-bond donors (Lipinski definition) is 1. The standard InChI is InChI=1S/C21H15N3O/c22-15-17-7-10-18(11-8-17)21(25)24-20-6-3-4-16(14-20)9-12-19-5-1-2-13-23-19/h1-14H,(H,24,25)/b12-9+. The summed E-state index contributed by atoms with van der Waals surface area (Å²) in [4.78, 5) is 16.5. The van der Waals surface area contributed by atoms with Gasteiger partial charge in [0, 0.05) is 17.4 Å². The zero-order valence-corrected chi connectivity index (χ0v) is 13.4. The van der Waals surface area contributed by atoms with Crippen molar-refractivity contribution in [1.82, 2.24) is 4.98 Å². The molecule has 0 saturated heterocycles. The normalized spacial score (nSPS) is 10.4. The number of rotatable bonds is 4. The number of anilines is 1. The molecule has 0 aliphatic carbocycles. The second-order valence-corrected chi connectivity index (χ2v) is 5.36. The van der Waals surface area contributed by atoms with Crippen molar-refractivity contribution in [2.24, 2.45) is 0 Å². The summed E-state index contributed by atoms with van der Waals surface area (Å²) in [5.41, 5.74) is 3.57. The van der Waals surface area contributed by atoms with Crippen molar-refractivity contribution in [3.05, 3.63) is 95.3 Å². The average Bonchev–Trinajstić information content (AvgIpc) is 2.67. The summed E-state index contributed by atoms with van der Waals surface area (Å²) in [5, 5.41) is 11.7. The van der Waals surface area contributed by atoms with Crippen LogP contribution in [-0.2, 0) is 0 Å². The molecule has 25 heavy (non-hydrogen) atoms. The molecule has 1 N–H and O–H groups in total. The largest absolute Gasteiger partial charge is 0.322 e. The number of aromatic nitrogens is 1. The molecule has 2 aromatic carbocycles. The monoisotopic (exact) mass is 325 g/mol. The van der Waals surface area contributed by atoms with Crippen molar-refractivity contribution in [3.8, 4) is 6.07 Å². The van der Waals surface area contributed by atoms with E-state index in [4.69, 9.17) is 5.26 Å². The summed E-state index contributed by atoms with van der Waals surface area (Å²) in [5.74, 6) is -0.213. The van der Waals surface area contributed by atoms with Gasteiger partial charge in [-0.05, 0) is 60.2 Å². The first kappa shape index (κ1) is 16.2. The molecule has 4 heteroatoms. The van der Waals surface area contributed by atoms with Crippen LogP contribution in [-0.4, -0.2) is 10.9 Å². The van der Waals surface area contributed by atoms with E-state index >= 15 is 0 Å². The van der Waals surface area contributed by atoms with Crippen molar-refractivity contribution in [2.45, 2.75) is 0 Å². The van der Waals surface area contributed by atoms with Gasteiger partial charge in [-0.15, -0.1) is 0 Å². The van der Waals surface area contributed by atoms with Crippen LogP contribution in [0.4, 0.5) is 5.69 Å². The molecule has 4 nitrogen and oxygen atoms in total. The minimum absolute atomic E-state index is 0.213. The predicted octanol–water partition coefficient (Wildman–Crippen LogP) is 4.38. The molecule has 0 spiro atoms. The Morgan fingerprint density at radius 1 is 1.00 bits per heavy atom. The number of benzene rings is 2. The molecule has 0 radical (unpaired) electrons. The highest BCUT2D eigenvalue weighted by Gasteiger charge is 2.06. The van der Waals surface area contributed by atoms with Gasteiger partial charge in [-0.3, -0.25) is 9.78 Å². The number of nitrogens with one attached hydrogen (secondary N) is 1. The third-order valence-electron chi connectivity index (χ3n) is 3.55. The Morgan fingerprint density at radius 2 is 1.84 bits per heavy atom. The second kappa shape index (κ2) is 7.71. The van der Waals surface area contributed by atoms with E-state index in [0.717, 1.165) is 11.3 Å². The summed E-state index contributed by atoms with van der Waals surface area (Å²) in [6.07, 6.45) is 5.61. The van der Waals surface area contributed by atoms with Gasteiger partial charge in [0.05, 0.1) is 17.3 Å². The smallest absolute Gasteiger partial charge is 0.255 e. The molecule has 3 aromatic rings. The first-order valence-electron chi connectivity index (χ1n) is 7.75. The molecule has 1 amide bonds. The summed E-state index contributed by atoms with van der Waals surface area (Å²) in [6, 6.07) is 21.8. The van der Waals surface area contributed by atoms with Crippen LogP contribution < -0.4 is 5.32 Å². The highest BCUT2D eigenvalue weighted by atomic mass is 16.1. The summed E-state index contributed by atoms with van der Waals surface area (Å²) in [7, 11) is 0. The van der Waals surface area contributed by atoms with Crippen LogP contribution in [0.25, 0.3) is 12.2 Å². The molecule has 0 fully saturated rings. The van der Waals surface area contributed by atoms with Gasteiger partial charge in [0.25, 0.3) is 5.91 Å². The van der Waals surface area contributed by atoms with E-state index in [-0.39, 0.29) is 5.91 Å². The van der Waals surface area contributed by atoms with Crippen molar-refractivity contribution in [3.63, 3.8) is 0 Å². The molecule has 1 aromatic heterocycles. The van der Waals surface area contributed by atoms with E-state index in [1.807, 2.05) is 60.7 Å². The van der Waals surface area contributed by atoms with Gasteiger partial charge in [0.15, 0.2) is 0 Å². The van der Waals surface area contributed by atoms with Crippen LogP contribution in [0.2, 0.25) is 0 Å². The van der Waals surface area contributed by atoms with Crippen LogP contribution in [0, 0.1) is 11.3 Å². The lowest BCUT2D eigenvalue weighted by molar-refractivity contribution is 0.102. The first-order chi connectivity index (χ1) is 12.2. The Labute approximate surface area is 146 Å². The predicted molar refractivity (Wildman–Crippen MR) is 98.7 cm³/mol. The zero-order chi connectivity index (χ0) is 17.5. The maximum atomic E-state index is 12.3. The third kappa shape index (κ3) is 4.40. The van der Waals surface area contributed by atoms with Gasteiger partial charge in [0.1, 0.15) is 0 Å². The van der Waals surface area contributed by atoms with Crippen LogP contribution in [0.1, 0.15) is 27.2 Å². The number of carbonyl (C=O) groups is 1. The van der Waals surface area contributed by atoms with Gasteiger partial charge in [-0.1, -0.05) is 24.3 Å². The fourth-order valence-corrected chi connectivity index (χ4v) is 2.28. The molecule has 0 saturated carbocycles. The Balaban J connectivity index is 1.72. The topological polar surface area (TPSA) is 65.8 Å². The van der Waals surface area contributed by atoms with Crippen LogP contribution in [0.15, 0.2) is 72.9 Å². The quantitative estimate of drug-likeness (QED) is 0.774. The van der Waals surface area contributed by atoms with Crippen LogP contribution in [0.5, 0.6) is 0 Å². The molecule has 0 bridgehead atoms. The molecule has 0 unspecified atom stereocenters. The van der Waals surface area contributed by atoms with Gasteiger partial charge in [-0.25, -0.2) is 0 Å². The highest BCUT2D eigenvalue weighted by molar-refractivity contribution is 6.04. The maximum absolute atomic E-state index is 12.3. The third-order valence-corrected chi connectivity index (χ3v) is 3.55. The number of nitrogens with zero attached hydrogens (tertiary/aromatic N) is 2. The molecule has 0 atom stereocenters. The first-order valence-corrected chi connectivity index (χ1v) is 7.75. The van der Waals surface area contributed by atoms with Crippen LogP contribution >= 0.6 is 0 Å². The lowest BCUT2D eigenvalue weighted by Gasteiger charge is -2.06. The van der Waals surface area contributed by atoms with Gasteiger partial charge in [-0.2, -0.15) is 5.26 Å². The summed E-state index contributed by atoms with van der Waals surface area (Å²) < 4.78 is 0. The Kier molecular flexibility index (Phi) is 4.98. The van der Waals surface area contributed by atoms with E-state index in [1.165, 1.54) is 0 Å². The highest BCUT2D eigenvalue weighted by Crippen LogP contribution is 2.15. The minimum atomic E-state index is -0.213. The molecule has 1 heterocycles. The van der Waals surface area contributed by atoms with Gasteiger partial charge in [0.2, 0.25) is 0 Å². The van der Waals surface area contributed by atoms with E-state index in [1.54, 1.807) is 30.5 Å². The maximum Gasteiger partial charge on any atom is 0.255 e. The van der Waals surface area contributed by atoms with Crippen molar-refractivity contribution < 1.29 is 4.79 Å². The summed E-state index contributed by atoms with van der Waals surface area (Å²) >= 11 is 0. The van der Waals surface area contributed by atoms with E-state index < -0.39 is 0 Å². The fourth-order valence-electron chi connectivity index (χ4n) is 2.28. The second-order valence-electron chi connectivity index (χ2n) is 5.36. The SMILES string of the molecule is N#Cc1ccc(C(=O)Nc2cccc(/C=C/c3ccccn3)c2)cc1. The molecule has 0 aliphatic heterocycles. The molecule has 3 rings (SSSR count). The Morgan fingerprint density at radius 3 is 2.56 bits per heavy atom. The van der Waals surface area contributed by atoms with E-state index in [9.17, 15) is 4.79 Å². The molecular weight excluding hydrogens is 310 g/mol. The number of nitriles is 1. The number of pyridine rings is 1. The lowest BCUT2D eigenvalue weighted by Crippen LogP contribution is -2.11. The fraction of sp³-hybridized carbons (Fsp3) is 0. The van der Waals surface area contributed by atoms with E-state index in [0.29, 0.717) is 16.8 Å². The van der Waals surface area contributed by atoms with Crippen molar-refractivity contribution in [1.29, 1.82) is 5.26 Å². The van der Waals surface area contributed by atoms with Crippen molar-refractivity contribution in [2.75, 3.05) is 5.32 Å².